The maximum atomic E-state index is 13.6. The quantitative estimate of drug-likeness (QED) is 0.552. The molecule has 0 aliphatic carbocycles. The Kier molecular flexibility index (Phi) is 4.58. The van der Waals surface area contributed by atoms with Gasteiger partial charge in [0.15, 0.2) is 22.8 Å². The topological polar surface area (TPSA) is 89.6 Å². The fourth-order valence-corrected chi connectivity index (χ4v) is 3.57. The summed E-state index contributed by atoms with van der Waals surface area (Å²) in [5.41, 5.74) is 1.89. The number of halogens is 2. The molecule has 1 aromatic carbocycles. The zero-order valence-corrected chi connectivity index (χ0v) is 16.2. The first kappa shape index (κ1) is 18.6. The third-order valence-corrected chi connectivity index (χ3v) is 5.26. The highest BCUT2D eigenvalue weighted by atomic mass is 19.2. The molecule has 0 amide bonds. The SMILES string of the molecule is CN1CCC(n2cc(Nc3ncc4nnn(-c5ccc(F)c(F)c5)c4n3)cn2)CC1. The fourth-order valence-electron chi connectivity index (χ4n) is 3.57. The lowest BCUT2D eigenvalue weighted by Crippen LogP contribution is -2.31. The van der Waals surface area contributed by atoms with Crippen LogP contribution in [-0.2, 0) is 0 Å². The summed E-state index contributed by atoms with van der Waals surface area (Å²) in [4.78, 5) is 11.0. The molecule has 1 aliphatic heterocycles. The Hall–Kier alpha value is -3.47. The molecule has 4 heterocycles. The molecule has 1 fully saturated rings. The van der Waals surface area contributed by atoms with E-state index in [4.69, 9.17) is 0 Å². The van der Waals surface area contributed by atoms with Gasteiger partial charge in [-0.05, 0) is 45.1 Å². The van der Waals surface area contributed by atoms with E-state index < -0.39 is 11.6 Å². The zero-order valence-electron chi connectivity index (χ0n) is 16.2. The highest BCUT2D eigenvalue weighted by molar-refractivity contribution is 5.72. The standard InChI is InChI=1S/C19H19F2N9/c1-28-6-4-13(5-7-28)29-11-12(9-23-29)24-19-22-10-17-18(25-19)30(27-26-17)14-2-3-15(20)16(21)8-14/h2-3,8-11,13H,4-7H2,1H3,(H,22,24,25). The number of nitrogens with one attached hydrogen (secondary N) is 1. The molecule has 1 saturated heterocycles. The monoisotopic (exact) mass is 411 g/mol. The van der Waals surface area contributed by atoms with Crippen molar-refractivity contribution in [2.24, 2.45) is 0 Å². The van der Waals surface area contributed by atoms with Crippen molar-refractivity contribution in [2.45, 2.75) is 18.9 Å². The molecule has 30 heavy (non-hydrogen) atoms. The lowest BCUT2D eigenvalue weighted by Gasteiger charge is -2.28. The maximum absolute atomic E-state index is 13.6. The van der Waals surface area contributed by atoms with Crippen molar-refractivity contribution in [3.8, 4) is 5.69 Å². The zero-order chi connectivity index (χ0) is 20.7. The van der Waals surface area contributed by atoms with Gasteiger partial charge >= 0.3 is 0 Å². The smallest absolute Gasteiger partial charge is 0.229 e. The van der Waals surface area contributed by atoms with Crippen LogP contribution >= 0.6 is 0 Å². The van der Waals surface area contributed by atoms with Crippen LogP contribution < -0.4 is 5.32 Å². The van der Waals surface area contributed by atoms with Gasteiger partial charge in [-0.25, -0.2) is 13.8 Å². The number of benzene rings is 1. The van der Waals surface area contributed by atoms with Gasteiger partial charge in [-0.15, -0.1) is 5.10 Å². The molecule has 9 nitrogen and oxygen atoms in total. The molecular formula is C19H19F2N9. The predicted molar refractivity (Wildman–Crippen MR) is 106 cm³/mol. The van der Waals surface area contributed by atoms with Gasteiger partial charge in [0.2, 0.25) is 5.95 Å². The molecule has 0 atom stereocenters. The van der Waals surface area contributed by atoms with E-state index in [1.807, 2.05) is 10.9 Å². The Morgan fingerprint density at radius 1 is 1.10 bits per heavy atom. The molecule has 0 saturated carbocycles. The maximum Gasteiger partial charge on any atom is 0.229 e. The average molecular weight is 411 g/mol. The average Bonchev–Trinajstić information content (AvgIpc) is 3.38. The van der Waals surface area contributed by atoms with E-state index in [2.05, 4.69) is 42.6 Å². The summed E-state index contributed by atoms with van der Waals surface area (Å²) in [7, 11) is 2.12. The number of piperidine rings is 1. The number of rotatable bonds is 4. The highest BCUT2D eigenvalue weighted by Gasteiger charge is 2.19. The third kappa shape index (κ3) is 3.47. The van der Waals surface area contributed by atoms with Crippen molar-refractivity contribution < 1.29 is 8.78 Å². The second-order valence-electron chi connectivity index (χ2n) is 7.37. The van der Waals surface area contributed by atoms with E-state index >= 15 is 0 Å². The molecule has 4 aromatic rings. The summed E-state index contributed by atoms with van der Waals surface area (Å²) in [5.74, 6) is -1.57. The summed E-state index contributed by atoms with van der Waals surface area (Å²) >= 11 is 0. The normalized spacial score (nSPS) is 15.7. The van der Waals surface area contributed by atoms with Crippen LogP contribution in [0.25, 0.3) is 16.9 Å². The number of fused-ring (bicyclic) bond motifs is 1. The van der Waals surface area contributed by atoms with Crippen molar-refractivity contribution in [1.29, 1.82) is 0 Å². The lowest BCUT2D eigenvalue weighted by atomic mass is 10.1. The van der Waals surface area contributed by atoms with Crippen LogP contribution in [0.2, 0.25) is 0 Å². The number of likely N-dealkylation sites (tertiary alicyclic amines) is 1. The Labute approximate surface area is 170 Å². The Morgan fingerprint density at radius 2 is 1.93 bits per heavy atom. The molecule has 1 N–H and O–H groups in total. The minimum atomic E-state index is -0.968. The summed E-state index contributed by atoms with van der Waals surface area (Å²) < 4.78 is 30.2. The molecule has 0 unspecified atom stereocenters. The molecular weight excluding hydrogens is 392 g/mol. The van der Waals surface area contributed by atoms with Crippen molar-refractivity contribution in [2.75, 3.05) is 25.5 Å². The predicted octanol–water partition coefficient (Wildman–Crippen LogP) is 2.70. The number of aromatic nitrogens is 7. The van der Waals surface area contributed by atoms with Gasteiger partial charge in [0.05, 0.1) is 29.8 Å². The van der Waals surface area contributed by atoms with Crippen LogP contribution in [-0.4, -0.2) is 59.8 Å². The molecule has 5 rings (SSSR count). The fraction of sp³-hybridized carbons (Fsp3) is 0.316. The van der Waals surface area contributed by atoms with Crippen LogP contribution in [0.1, 0.15) is 18.9 Å². The van der Waals surface area contributed by atoms with E-state index in [0.29, 0.717) is 28.8 Å². The third-order valence-electron chi connectivity index (χ3n) is 5.26. The first-order valence-electron chi connectivity index (χ1n) is 9.60. The molecule has 1 aliphatic rings. The van der Waals surface area contributed by atoms with Crippen LogP contribution in [0.4, 0.5) is 20.4 Å². The first-order valence-corrected chi connectivity index (χ1v) is 9.60. The van der Waals surface area contributed by atoms with Gasteiger partial charge in [-0.2, -0.15) is 14.8 Å². The van der Waals surface area contributed by atoms with Gasteiger partial charge in [0.25, 0.3) is 0 Å². The minimum Gasteiger partial charge on any atom is -0.321 e. The Bertz CT molecular complexity index is 1190. The summed E-state index contributed by atoms with van der Waals surface area (Å²) in [6.45, 7) is 2.10. The van der Waals surface area contributed by atoms with E-state index in [1.165, 1.54) is 16.9 Å². The van der Waals surface area contributed by atoms with Crippen molar-refractivity contribution in [1.82, 2.24) is 39.6 Å². The molecule has 0 radical (unpaired) electrons. The Balaban J connectivity index is 1.40. The van der Waals surface area contributed by atoms with E-state index in [9.17, 15) is 8.78 Å². The summed E-state index contributed by atoms with van der Waals surface area (Å²) in [6, 6.07) is 3.87. The van der Waals surface area contributed by atoms with Gasteiger partial charge in [-0.3, -0.25) is 4.68 Å². The van der Waals surface area contributed by atoms with Crippen molar-refractivity contribution >= 4 is 22.8 Å². The van der Waals surface area contributed by atoms with Gasteiger partial charge in [0.1, 0.15) is 0 Å². The van der Waals surface area contributed by atoms with Gasteiger partial charge in [0, 0.05) is 12.3 Å². The lowest BCUT2D eigenvalue weighted by molar-refractivity contribution is 0.212. The van der Waals surface area contributed by atoms with Crippen LogP contribution in [0.3, 0.4) is 0 Å². The minimum absolute atomic E-state index is 0.316. The summed E-state index contributed by atoms with van der Waals surface area (Å²) in [6.07, 6.45) is 7.30. The number of nitrogens with zero attached hydrogens (tertiary/aromatic N) is 8. The van der Waals surface area contributed by atoms with Crippen molar-refractivity contribution in [3.05, 3.63) is 48.4 Å². The molecule has 154 valence electrons. The molecule has 0 spiro atoms. The van der Waals surface area contributed by atoms with Gasteiger partial charge < -0.3 is 10.2 Å². The Morgan fingerprint density at radius 3 is 2.73 bits per heavy atom. The number of hydrogen-bond donors (Lipinski definition) is 1. The molecule has 11 heteroatoms. The van der Waals surface area contributed by atoms with Gasteiger partial charge in [-0.1, -0.05) is 5.21 Å². The van der Waals surface area contributed by atoms with E-state index in [0.717, 1.165) is 43.8 Å². The van der Waals surface area contributed by atoms with E-state index in [-0.39, 0.29) is 0 Å². The van der Waals surface area contributed by atoms with Crippen LogP contribution in [0.15, 0.2) is 36.8 Å². The van der Waals surface area contributed by atoms with Crippen LogP contribution in [0, 0.1) is 11.6 Å². The van der Waals surface area contributed by atoms with Crippen molar-refractivity contribution in [3.63, 3.8) is 0 Å². The second kappa shape index (κ2) is 7.41. The first-order chi connectivity index (χ1) is 14.6. The number of hydrogen-bond acceptors (Lipinski definition) is 7. The molecule has 3 aromatic heterocycles. The van der Waals surface area contributed by atoms with E-state index in [1.54, 1.807) is 6.20 Å². The molecule has 0 bridgehead atoms. The number of anilines is 2. The van der Waals surface area contributed by atoms with Crippen LogP contribution in [0.5, 0.6) is 0 Å². The summed E-state index contributed by atoms with van der Waals surface area (Å²) in [5, 5.41) is 15.6. The highest BCUT2D eigenvalue weighted by Crippen LogP contribution is 2.24. The second-order valence-corrected chi connectivity index (χ2v) is 7.37. The largest absolute Gasteiger partial charge is 0.321 e.